The van der Waals surface area contributed by atoms with Gasteiger partial charge in [-0.25, -0.2) is 9.59 Å². The third kappa shape index (κ3) is 6.64. The summed E-state index contributed by atoms with van der Waals surface area (Å²) in [4.78, 5) is 33.5. The normalized spacial score (nSPS) is 11.9. The Bertz CT molecular complexity index is 325. The fourth-order valence-corrected chi connectivity index (χ4v) is 1.09. The largest absolute Gasteiger partial charge is 0.467 e. The summed E-state index contributed by atoms with van der Waals surface area (Å²) in [6, 6.07) is -0.862. The van der Waals surface area contributed by atoms with Gasteiger partial charge in [-0.1, -0.05) is 6.08 Å². The van der Waals surface area contributed by atoms with E-state index in [1.165, 1.54) is 33.5 Å². The molecule has 1 amide bonds. The molecule has 0 aliphatic rings. The molecule has 102 valence electrons. The number of carbonyl (C=O) groups is 3. The molecule has 0 radical (unpaired) electrons. The average molecular weight is 259 g/mol. The Morgan fingerprint density at radius 2 is 1.83 bits per heavy atom. The number of methoxy groups -OCH3 is 3. The minimum absolute atomic E-state index is 0.122. The third-order valence-electron chi connectivity index (χ3n) is 1.92. The van der Waals surface area contributed by atoms with Gasteiger partial charge in [0, 0.05) is 13.2 Å². The van der Waals surface area contributed by atoms with E-state index in [-0.39, 0.29) is 13.0 Å². The van der Waals surface area contributed by atoms with Gasteiger partial charge in [0.25, 0.3) is 0 Å². The Labute approximate surface area is 105 Å². The smallest absolute Gasteiger partial charge is 0.330 e. The van der Waals surface area contributed by atoms with E-state index in [4.69, 9.17) is 0 Å². The standard InChI is InChI=1S/C11H17NO6/c1-16-7-9(13)12-8(11(15)18-3)5-4-6-10(14)17-2/h4,6,8H,5,7H2,1-3H3,(H,12,13)/b6-4+/t8-/m1/s1. The average Bonchev–Trinajstić information content (AvgIpc) is 2.36. The van der Waals surface area contributed by atoms with Gasteiger partial charge in [0.05, 0.1) is 14.2 Å². The van der Waals surface area contributed by atoms with Crippen molar-refractivity contribution >= 4 is 17.8 Å². The van der Waals surface area contributed by atoms with Crippen molar-refractivity contribution in [2.24, 2.45) is 0 Å². The molecule has 0 bridgehead atoms. The third-order valence-corrected chi connectivity index (χ3v) is 1.92. The summed E-state index contributed by atoms with van der Waals surface area (Å²) in [6.45, 7) is -0.159. The molecular formula is C11H17NO6. The summed E-state index contributed by atoms with van der Waals surface area (Å²) < 4.78 is 13.5. The molecule has 1 atom stereocenters. The number of nitrogens with one attached hydrogen (secondary N) is 1. The Morgan fingerprint density at radius 1 is 1.17 bits per heavy atom. The zero-order valence-corrected chi connectivity index (χ0v) is 10.6. The maximum absolute atomic E-state index is 11.4. The van der Waals surface area contributed by atoms with Crippen LogP contribution in [0.25, 0.3) is 0 Å². The topological polar surface area (TPSA) is 90.9 Å². The van der Waals surface area contributed by atoms with Crippen LogP contribution in [0.2, 0.25) is 0 Å². The van der Waals surface area contributed by atoms with Gasteiger partial charge in [-0.2, -0.15) is 0 Å². The summed E-state index contributed by atoms with van der Waals surface area (Å²) in [7, 11) is 3.82. The lowest BCUT2D eigenvalue weighted by molar-refractivity contribution is -0.145. The molecule has 1 N–H and O–H groups in total. The quantitative estimate of drug-likeness (QED) is 0.485. The zero-order valence-electron chi connectivity index (χ0n) is 10.6. The zero-order chi connectivity index (χ0) is 14.0. The number of hydrogen-bond acceptors (Lipinski definition) is 6. The SMILES string of the molecule is COCC(=O)N[C@H](C/C=C/C(=O)OC)C(=O)OC. The highest BCUT2D eigenvalue weighted by Crippen LogP contribution is 1.97. The first-order valence-electron chi connectivity index (χ1n) is 5.15. The Hall–Kier alpha value is -1.89. The van der Waals surface area contributed by atoms with Crippen LogP contribution < -0.4 is 5.32 Å². The predicted molar refractivity (Wildman–Crippen MR) is 61.6 cm³/mol. The van der Waals surface area contributed by atoms with Gasteiger partial charge in [-0.15, -0.1) is 0 Å². The minimum atomic E-state index is -0.862. The molecule has 0 aliphatic carbocycles. The minimum Gasteiger partial charge on any atom is -0.467 e. The molecule has 0 heterocycles. The molecule has 7 heteroatoms. The maximum Gasteiger partial charge on any atom is 0.330 e. The van der Waals surface area contributed by atoms with Crippen LogP contribution in [0, 0.1) is 0 Å². The van der Waals surface area contributed by atoms with Crippen molar-refractivity contribution in [1.29, 1.82) is 0 Å². The molecule has 0 aliphatic heterocycles. The van der Waals surface area contributed by atoms with E-state index in [2.05, 4.69) is 19.5 Å². The van der Waals surface area contributed by atoms with Crippen molar-refractivity contribution in [3.05, 3.63) is 12.2 Å². The van der Waals surface area contributed by atoms with Crippen LogP contribution in [0.4, 0.5) is 0 Å². The van der Waals surface area contributed by atoms with Crippen LogP contribution in [0.3, 0.4) is 0 Å². The molecule has 18 heavy (non-hydrogen) atoms. The van der Waals surface area contributed by atoms with Crippen LogP contribution in [0.5, 0.6) is 0 Å². The van der Waals surface area contributed by atoms with Crippen LogP contribution in [0.15, 0.2) is 12.2 Å². The van der Waals surface area contributed by atoms with Crippen molar-refractivity contribution in [3.63, 3.8) is 0 Å². The molecule has 0 aromatic carbocycles. The second-order valence-electron chi connectivity index (χ2n) is 3.24. The first-order valence-corrected chi connectivity index (χ1v) is 5.15. The molecule has 0 fully saturated rings. The Kier molecular flexibility index (Phi) is 8.21. The number of rotatable bonds is 7. The van der Waals surface area contributed by atoms with Gasteiger partial charge in [-0.05, 0) is 6.42 Å². The van der Waals surface area contributed by atoms with Gasteiger partial charge >= 0.3 is 11.9 Å². The molecular weight excluding hydrogens is 242 g/mol. The highest BCUT2D eigenvalue weighted by Gasteiger charge is 2.19. The van der Waals surface area contributed by atoms with E-state index in [9.17, 15) is 14.4 Å². The molecule has 0 rings (SSSR count). The van der Waals surface area contributed by atoms with E-state index in [0.29, 0.717) is 0 Å². The number of hydrogen-bond donors (Lipinski definition) is 1. The van der Waals surface area contributed by atoms with E-state index in [0.717, 1.165) is 0 Å². The number of amides is 1. The molecule has 0 aromatic rings. The Balaban J connectivity index is 4.41. The molecule has 7 nitrogen and oxygen atoms in total. The molecule has 0 spiro atoms. The molecule has 0 saturated heterocycles. The summed E-state index contributed by atoms with van der Waals surface area (Å²) in [5.74, 6) is -1.59. The van der Waals surface area contributed by atoms with Gasteiger partial charge in [0.2, 0.25) is 5.91 Å². The number of carbonyl (C=O) groups excluding carboxylic acids is 3. The van der Waals surface area contributed by atoms with Gasteiger partial charge in [0.15, 0.2) is 0 Å². The fourth-order valence-electron chi connectivity index (χ4n) is 1.09. The maximum atomic E-state index is 11.4. The fraction of sp³-hybridized carbons (Fsp3) is 0.545. The van der Waals surface area contributed by atoms with E-state index < -0.39 is 23.9 Å². The second-order valence-corrected chi connectivity index (χ2v) is 3.24. The summed E-state index contributed by atoms with van der Waals surface area (Å²) in [5.41, 5.74) is 0. The van der Waals surface area contributed by atoms with Crippen molar-refractivity contribution in [2.75, 3.05) is 27.9 Å². The van der Waals surface area contributed by atoms with Gasteiger partial charge in [0.1, 0.15) is 12.6 Å². The second kappa shape index (κ2) is 9.17. The lowest BCUT2D eigenvalue weighted by Gasteiger charge is -2.14. The summed E-state index contributed by atoms with van der Waals surface area (Å²) in [5, 5.41) is 2.42. The van der Waals surface area contributed by atoms with E-state index >= 15 is 0 Å². The van der Waals surface area contributed by atoms with Gasteiger partial charge in [-0.3, -0.25) is 4.79 Å². The predicted octanol–water partition coefficient (Wildman–Crippen LogP) is -0.590. The van der Waals surface area contributed by atoms with E-state index in [1.54, 1.807) is 0 Å². The van der Waals surface area contributed by atoms with E-state index in [1.807, 2.05) is 0 Å². The molecule has 0 aromatic heterocycles. The highest BCUT2D eigenvalue weighted by atomic mass is 16.5. The molecule has 0 saturated carbocycles. The van der Waals surface area contributed by atoms with Gasteiger partial charge < -0.3 is 19.5 Å². The van der Waals surface area contributed by atoms with Crippen molar-refractivity contribution in [1.82, 2.24) is 5.32 Å². The van der Waals surface area contributed by atoms with Crippen molar-refractivity contribution < 1.29 is 28.6 Å². The number of esters is 2. The Morgan fingerprint density at radius 3 is 2.33 bits per heavy atom. The van der Waals surface area contributed by atoms with Crippen molar-refractivity contribution in [2.45, 2.75) is 12.5 Å². The monoisotopic (exact) mass is 259 g/mol. The number of ether oxygens (including phenoxy) is 3. The van der Waals surface area contributed by atoms with Crippen LogP contribution in [-0.2, 0) is 28.6 Å². The van der Waals surface area contributed by atoms with Crippen LogP contribution >= 0.6 is 0 Å². The summed E-state index contributed by atoms with van der Waals surface area (Å²) >= 11 is 0. The highest BCUT2D eigenvalue weighted by molar-refractivity contribution is 5.85. The lowest BCUT2D eigenvalue weighted by Crippen LogP contribution is -2.42. The van der Waals surface area contributed by atoms with Crippen molar-refractivity contribution in [3.8, 4) is 0 Å². The first kappa shape index (κ1) is 16.1. The molecule has 0 unspecified atom stereocenters. The first-order chi connectivity index (χ1) is 8.54. The van der Waals surface area contributed by atoms with Crippen LogP contribution in [-0.4, -0.2) is 51.8 Å². The lowest BCUT2D eigenvalue weighted by atomic mass is 10.2. The summed E-state index contributed by atoms with van der Waals surface area (Å²) in [6.07, 6.45) is 2.70. The van der Waals surface area contributed by atoms with Crippen LogP contribution in [0.1, 0.15) is 6.42 Å².